The maximum Gasteiger partial charge on any atom is 0.500 e. The predicted molar refractivity (Wildman–Crippen MR) is 102 cm³/mol. The first-order chi connectivity index (χ1) is 10.2. The summed E-state index contributed by atoms with van der Waals surface area (Å²) in [6.07, 6.45) is 3.62. The summed E-state index contributed by atoms with van der Waals surface area (Å²) in [6.45, 7) is 18.9. The third kappa shape index (κ3) is 9.23. The fourth-order valence-corrected chi connectivity index (χ4v) is 6.81. The highest BCUT2D eigenvalue weighted by molar-refractivity contribution is 6.60. The van der Waals surface area contributed by atoms with Crippen molar-refractivity contribution >= 4 is 8.80 Å². The van der Waals surface area contributed by atoms with Crippen molar-refractivity contribution in [2.45, 2.75) is 80.7 Å². The van der Waals surface area contributed by atoms with E-state index < -0.39 is 8.80 Å². The molecule has 0 saturated carbocycles. The molecule has 0 aromatic carbocycles. The average Bonchev–Trinajstić information content (AvgIpc) is 2.30. The van der Waals surface area contributed by atoms with Gasteiger partial charge in [0.15, 0.2) is 0 Å². The Morgan fingerprint density at radius 3 is 1.52 bits per heavy atom. The van der Waals surface area contributed by atoms with E-state index in [-0.39, 0.29) is 0 Å². The summed E-state index contributed by atoms with van der Waals surface area (Å²) in [6, 6.07) is 0.875. The van der Waals surface area contributed by atoms with Crippen molar-refractivity contribution in [3.8, 4) is 0 Å². The van der Waals surface area contributed by atoms with E-state index in [1.807, 2.05) is 0 Å². The van der Waals surface area contributed by atoms with Gasteiger partial charge in [-0.25, -0.2) is 0 Å². The molecule has 3 nitrogen and oxygen atoms in total. The summed E-state index contributed by atoms with van der Waals surface area (Å²) in [7, 11) is 2.62. The molecule has 0 bridgehead atoms. The predicted octanol–water partition coefficient (Wildman–Crippen LogP) is 5.77. The topological polar surface area (TPSA) is 27.7 Å². The third-order valence-electron chi connectivity index (χ3n) is 4.40. The van der Waals surface area contributed by atoms with Gasteiger partial charge in [-0.2, -0.15) is 0 Å². The average molecular weight is 347 g/mol. The zero-order valence-corrected chi connectivity index (χ0v) is 18.6. The van der Waals surface area contributed by atoms with Gasteiger partial charge in [0, 0.05) is 27.4 Å². The molecule has 1 atom stereocenters. The second kappa shape index (κ2) is 8.46. The molecule has 0 aliphatic heterocycles. The molecule has 0 aliphatic carbocycles. The maximum absolute atomic E-state index is 5.58. The summed E-state index contributed by atoms with van der Waals surface area (Å²) >= 11 is 0. The van der Waals surface area contributed by atoms with Crippen LogP contribution in [0.1, 0.15) is 74.7 Å². The molecule has 0 aromatic heterocycles. The lowest BCUT2D eigenvalue weighted by molar-refractivity contribution is 0.101. The van der Waals surface area contributed by atoms with Crippen molar-refractivity contribution < 1.29 is 13.3 Å². The molecule has 0 amide bonds. The fraction of sp³-hybridized carbons (Fsp3) is 1.00. The molecule has 0 aliphatic rings. The summed E-state index contributed by atoms with van der Waals surface area (Å²) in [5, 5.41) is 0. The van der Waals surface area contributed by atoms with Gasteiger partial charge in [0.25, 0.3) is 0 Å². The minimum Gasteiger partial charge on any atom is -0.377 e. The van der Waals surface area contributed by atoms with Crippen molar-refractivity contribution in [1.82, 2.24) is 0 Å². The van der Waals surface area contributed by atoms with Gasteiger partial charge in [0.05, 0.1) is 0 Å². The van der Waals surface area contributed by atoms with Crippen LogP contribution in [0, 0.1) is 22.2 Å². The highest BCUT2D eigenvalue weighted by Gasteiger charge is 2.41. The van der Waals surface area contributed by atoms with Crippen LogP contribution in [0.25, 0.3) is 0 Å². The lowest BCUT2D eigenvalue weighted by atomic mass is 9.66. The van der Waals surface area contributed by atoms with Crippen molar-refractivity contribution in [2.24, 2.45) is 22.2 Å². The Morgan fingerprint density at radius 1 is 0.739 bits per heavy atom. The molecule has 23 heavy (non-hydrogen) atoms. The first-order valence-corrected chi connectivity index (χ1v) is 10.8. The van der Waals surface area contributed by atoms with Crippen LogP contribution in [0.2, 0.25) is 6.04 Å². The van der Waals surface area contributed by atoms with Gasteiger partial charge >= 0.3 is 8.80 Å². The summed E-state index contributed by atoms with van der Waals surface area (Å²) < 4.78 is 16.7. The zero-order valence-electron chi connectivity index (χ0n) is 17.6. The van der Waals surface area contributed by atoms with Gasteiger partial charge in [0.1, 0.15) is 0 Å². The van der Waals surface area contributed by atoms with E-state index in [4.69, 9.17) is 13.3 Å². The van der Waals surface area contributed by atoms with Crippen LogP contribution in [-0.4, -0.2) is 30.1 Å². The Hall–Kier alpha value is 0.0969. The fourth-order valence-electron chi connectivity index (χ4n) is 4.81. The second-order valence-corrected chi connectivity index (χ2v) is 13.1. The Bertz CT molecular complexity index is 333. The van der Waals surface area contributed by atoms with E-state index >= 15 is 0 Å². The van der Waals surface area contributed by atoms with Crippen molar-refractivity contribution in [3.05, 3.63) is 0 Å². The molecular formula is C19H42O3Si. The summed E-state index contributed by atoms with van der Waals surface area (Å²) in [4.78, 5) is 0. The minimum absolute atomic E-state index is 0.295. The molecule has 0 rings (SSSR count). The molecule has 0 spiro atoms. The van der Waals surface area contributed by atoms with E-state index in [2.05, 4.69) is 55.4 Å². The maximum atomic E-state index is 5.58. The van der Waals surface area contributed by atoms with Crippen LogP contribution in [-0.2, 0) is 13.3 Å². The smallest absolute Gasteiger partial charge is 0.377 e. The van der Waals surface area contributed by atoms with Crippen molar-refractivity contribution in [2.75, 3.05) is 21.3 Å². The summed E-state index contributed by atoms with van der Waals surface area (Å²) in [5.74, 6) is 0.516. The first-order valence-electron chi connectivity index (χ1n) is 8.85. The van der Waals surface area contributed by atoms with E-state index in [0.29, 0.717) is 22.2 Å². The van der Waals surface area contributed by atoms with E-state index in [1.165, 1.54) is 12.8 Å². The number of hydrogen-bond acceptors (Lipinski definition) is 3. The molecule has 4 heteroatoms. The zero-order chi connectivity index (χ0) is 18.5. The van der Waals surface area contributed by atoms with Gasteiger partial charge in [-0.1, -0.05) is 55.4 Å². The van der Waals surface area contributed by atoms with Gasteiger partial charge in [-0.15, -0.1) is 0 Å². The Kier molecular flexibility index (Phi) is 8.50. The van der Waals surface area contributed by atoms with Crippen molar-refractivity contribution in [3.63, 3.8) is 0 Å². The third-order valence-corrected chi connectivity index (χ3v) is 7.46. The molecule has 140 valence electrons. The normalized spacial score (nSPS) is 15.8. The van der Waals surface area contributed by atoms with Gasteiger partial charge in [0.2, 0.25) is 0 Å². The number of rotatable bonds is 10. The highest BCUT2D eigenvalue weighted by Crippen LogP contribution is 2.44. The summed E-state index contributed by atoms with van der Waals surface area (Å²) in [5.41, 5.74) is 1.01. The van der Waals surface area contributed by atoms with E-state index in [0.717, 1.165) is 12.5 Å². The SMILES string of the molecule is CO[Si](CC(C)CC(C)(C)CC(C)(C)CC(C)(C)C)(OC)OC. The van der Waals surface area contributed by atoms with Gasteiger partial charge in [-0.3, -0.25) is 0 Å². The lowest BCUT2D eigenvalue weighted by Crippen LogP contribution is -2.44. The van der Waals surface area contributed by atoms with Crippen LogP contribution in [0.3, 0.4) is 0 Å². The molecule has 0 N–H and O–H groups in total. The van der Waals surface area contributed by atoms with Crippen LogP contribution < -0.4 is 0 Å². The monoisotopic (exact) mass is 346 g/mol. The Morgan fingerprint density at radius 2 is 1.17 bits per heavy atom. The van der Waals surface area contributed by atoms with E-state index in [1.54, 1.807) is 21.3 Å². The largest absolute Gasteiger partial charge is 0.500 e. The Labute approximate surface area is 146 Å². The van der Waals surface area contributed by atoms with Crippen LogP contribution in [0.5, 0.6) is 0 Å². The second-order valence-electron chi connectivity index (χ2n) is 10.1. The van der Waals surface area contributed by atoms with Crippen LogP contribution in [0.15, 0.2) is 0 Å². The molecular weight excluding hydrogens is 304 g/mol. The lowest BCUT2D eigenvalue weighted by Gasteiger charge is -2.40. The minimum atomic E-state index is -2.48. The molecule has 0 saturated heterocycles. The molecule has 0 radical (unpaired) electrons. The van der Waals surface area contributed by atoms with Crippen LogP contribution >= 0.6 is 0 Å². The van der Waals surface area contributed by atoms with E-state index in [9.17, 15) is 0 Å². The molecule has 0 heterocycles. The van der Waals surface area contributed by atoms with Crippen LogP contribution in [0.4, 0.5) is 0 Å². The van der Waals surface area contributed by atoms with Gasteiger partial charge < -0.3 is 13.3 Å². The Balaban J connectivity index is 4.78. The van der Waals surface area contributed by atoms with Crippen molar-refractivity contribution in [1.29, 1.82) is 0 Å². The molecule has 0 aromatic rings. The molecule has 0 fully saturated rings. The first kappa shape index (κ1) is 23.1. The standard InChI is InChI=1S/C19H42O3Si/c1-16(13-23(20-9,21-10)22-11)12-18(5,6)15-19(7,8)14-17(2,3)4/h16H,12-15H2,1-11H3. The van der Waals surface area contributed by atoms with Gasteiger partial charge in [-0.05, 0) is 41.4 Å². The number of hydrogen-bond donors (Lipinski definition) is 0. The highest BCUT2D eigenvalue weighted by atomic mass is 28.4. The molecule has 1 unspecified atom stereocenters. The quantitative estimate of drug-likeness (QED) is 0.470.